The van der Waals surface area contributed by atoms with Crippen LogP contribution >= 0.6 is 11.3 Å². The Morgan fingerprint density at radius 3 is 2.59 bits per heavy atom. The molecule has 0 saturated heterocycles. The molecule has 0 bridgehead atoms. The molecule has 0 aliphatic carbocycles. The minimum Gasteiger partial charge on any atom is -0.308 e. The minimum absolute atomic E-state index is 0.0408. The summed E-state index contributed by atoms with van der Waals surface area (Å²) in [4.78, 5) is 16.0. The Labute approximate surface area is 175 Å². The van der Waals surface area contributed by atoms with E-state index in [-0.39, 0.29) is 5.91 Å². The number of likely N-dealkylation sites (N-methyl/N-ethyl adjacent to an activating group) is 1. The molecule has 0 radical (unpaired) electrons. The Kier molecular flexibility index (Phi) is 4.68. The van der Waals surface area contributed by atoms with Crippen LogP contribution in [0.25, 0.3) is 16.7 Å². The highest BCUT2D eigenvalue weighted by Gasteiger charge is 2.31. The molecular weight excluding hydrogens is 378 g/mol. The lowest BCUT2D eigenvalue weighted by atomic mass is 10.0. The Bertz CT molecular complexity index is 1220. The van der Waals surface area contributed by atoms with Crippen molar-refractivity contribution in [3.63, 3.8) is 0 Å². The second-order valence-electron chi connectivity index (χ2n) is 7.36. The number of amides is 1. The van der Waals surface area contributed by atoms with Gasteiger partial charge < -0.3 is 9.47 Å². The lowest BCUT2D eigenvalue weighted by molar-refractivity contribution is -0.112. The van der Waals surface area contributed by atoms with Gasteiger partial charge in [0.05, 0.1) is 11.3 Å². The first-order valence-electron chi connectivity index (χ1n) is 9.71. The Hall–Kier alpha value is -3.10. The molecule has 1 amide bonds. The molecule has 29 heavy (non-hydrogen) atoms. The Balaban J connectivity index is 1.88. The SMILES string of the molecule is CCN1C(=O)/C(=C/c2cc(C)n(-c3sc(C)c(C)c3C#N)c2C)c2ccccc21. The van der Waals surface area contributed by atoms with Crippen LogP contribution in [0.5, 0.6) is 0 Å². The van der Waals surface area contributed by atoms with E-state index in [1.54, 1.807) is 11.3 Å². The summed E-state index contributed by atoms with van der Waals surface area (Å²) >= 11 is 1.64. The zero-order chi connectivity index (χ0) is 20.9. The van der Waals surface area contributed by atoms with E-state index >= 15 is 0 Å². The van der Waals surface area contributed by atoms with Crippen LogP contribution in [0.1, 0.15) is 45.4 Å². The molecule has 1 aliphatic heterocycles. The lowest BCUT2D eigenvalue weighted by Gasteiger charge is -2.13. The molecule has 1 aromatic carbocycles. The fourth-order valence-corrected chi connectivity index (χ4v) is 5.28. The third-order valence-corrected chi connectivity index (χ3v) is 6.92. The van der Waals surface area contributed by atoms with Crippen LogP contribution in [0.3, 0.4) is 0 Å². The molecule has 146 valence electrons. The summed E-state index contributed by atoms with van der Waals surface area (Å²) in [5.74, 6) is 0.0408. The number of carbonyl (C=O) groups excluding carboxylic acids is 1. The molecule has 0 spiro atoms. The summed E-state index contributed by atoms with van der Waals surface area (Å²) in [5, 5.41) is 10.6. The van der Waals surface area contributed by atoms with Crippen molar-refractivity contribution in [3.8, 4) is 11.1 Å². The molecule has 0 fully saturated rings. The summed E-state index contributed by atoms with van der Waals surface area (Å²) in [7, 11) is 0. The molecule has 4 rings (SSSR count). The number of carbonyl (C=O) groups is 1. The predicted octanol–water partition coefficient (Wildman–Crippen LogP) is 5.55. The summed E-state index contributed by atoms with van der Waals surface area (Å²) in [6.07, 6.45) is 2.00. The molecule has 0 saturated carbocycles. The molecule has 1 aliphatic rings. The molecular formula is C24H23N3OS. The van der Waals surface area contributed by atoms with Gasteiger partial charge in [0.25, 0.3) is 5.91 Å². The number of thiophene rings is 1. The Morgan fingerprint density at radius 2 is 1.90 bits per heavy atom. The van der Waals surface area contributed by atoms with Crippen molar-refractivity contribution in [2.75, 3.05) is 11.4 Å². The van der Waals surface area contributed by atoms with E-state index in [1.807, 2.05) is 62.9 Å². The molecule has 5 heteroatoms. The van der Waals surface area contributed by atoms with E-state index in [1.165, 1.54) is 0 Å². The van der Waals surface area contributed by atoms with Gasteiger partial charge in [-0.2, -0.15) is 5.26 Å². The number of nitriles is 1. The smallest absolute Gasteiger partial charge is 0.258 e. The van der Waals surface area contributed by atoms with E-state index in [0.29, 0.717) is 6.54 Å². The highest BCUT2D eigenvalue weighted by molar-refractivity contribution is 7.14. The second-order valence-corrected chi connectivity index (χ2v) is 8.56. The zero-order valence-electron chi connectivity index (χ0n) is 17.3. The van der Waals surface area contributed by atoms with Crippen LogP contribution in [0.2, 0.25) is 0 Å². The fraction of sp³-hybridized carbons (Fsp3) is 0.250. The number of benzene rings is 1. The van der Waals surface area contributed by atoms with Crippen LogP contribution in [0.15, 0.2) is 30.3 Å². The lowest BCUT2D eigenvalue weighted by Crippen LogP contribution is -2.25. The number of aryl methyl sites for hydroxylation is 2. The monoisotopic (exact) mass is 401 g/mol. The number of aromatic nitrogens is 1. The van der Waals surface area contributed by atoms with Crippen LogP contribution in [-0.2, 0) is 4.79 Å². The first kappa shape index (κ1) is 19.2. The van der Waals surface area contributed by atoms with E-state index in [0.717, 1.165) is 54.8 Å². The normalized spacial score (nSPS) is 14.6. The number of hydrogen-bond acceptors (Lipinski definition) is 3. The van der Waals surface area contributed by atoms with Crippen molar-refractivity contribution in [1.29, 1.82) is 5.26 Å². The van der Waals surface area contributed by atoms with Crippen molar-refractivity contribution < 1.29 is 4.79 Å². The number of rotatable bonds is 3. The molecule has 0 unspecified atom stereocenters. The van der Waals surface area contributed by atoms with Gasteiger partial charge in [0.1, 0.15) is 11.1 Å². The van der Waals surface area contributed by atoms with Crippen molar-refractivity contribution in [2.45, 2.75) is 34.6 Å². The van der Waals surface area contributed by atoms with Crippen LogP contribution in [0, 0.1) is 39.0 Å². The highest BCUT2D eigenvalue weighted by atomic mass is 32.1. The summed E-state index contributed by atoms with van der Waals surface area (Å²) in [6.45, 7) is 10.8. The Morgan fingerprint density at radius 1 is 1.17 bits per heavy atom. The zero-order valence-corrected chi connectivity index (χ0v) is 18.1. The first-order chi connectivity index (χ1) is 13.9. The topological polar surface area (TPSA) is 49.0 Å². The van der Waals surface area contributed by atoms with Crippen molar-refractivity contribution in [1.82, 2.24) is 4.57 Å². The van der Waals surface area contributed by atoms with Gasteiger partial charge in [0.15, 0.2) is 0 Å². The van der Waals surface area contributed by atoms with Gasteiger partial charge in [-0.15, -0.1) is 11.3 Å². The molecule has 0 atom stereocenters. The summed E-state index contributed by atoms with van der Waals surface area (Å²) in [5.41, 5.74) is 7.53. The summed E-state index contributed by atoms with van der Waals surface area (Å²) in [6, 6.07) is 12.4. The van der Waals surface area contributed by atoms with E-state index in [9.17, 15) is 10.1 Å². The van der Waals surface area contributed by atoms with Gasteiger partial charge in [-0.25, -0.2) is 0 Å². The van der Waals surface area contributed by atoms with Gasteiger partial charge in [-0.1, -0.05) is 18.2 Å². The number of hydrogen-bond donors (Lipinski definition) is 0. The quantitative estimate of drug-likeness (QED) is 0.540. The highest BCUT2D eigenvalue weighted by Crippen LogP contribution is 2.39. The number of anilines is 1. The van der Waals surface area contributed by atoms with Crippen molar-refractivity contribution in [3.05, 3.63) is 68.9 Å². The maximum Gasteiger partial charge on any atom is 0.258 e. The van der Waals surface area contributed by atoms with E-state index in [4.69, 9.17) is 0 Å². The molecule has 3 heterocycles. The van der Waals surface area contributed by atoms with Crippen LogP contribution in [0.4, 0.5) is 5.69 Å². The molecule has 3 aromatic rings. The predicted molar refractivity (Wildman–Crippen MR) is 120 cm³/mol. The van der Waals surface area contributed by atoms with Gasteiger partial charge in [-0.05, 0) is 64.0 Å². The fourth-order valence-electron chi connectivity index (χ4n) is 4.06. The maximum absolute atomic E-state index is 13.0. The average Bonchev–Trinajstić information content (AvgIpc) is 3.25. The van der Waals surface area contributed by atoms with Crippen LogP contribution in [-0.4, -0.2) is 17.0 Å². The number of para-hydroxylation sites is 1. The van der Waals surface area contributed by atoms with Crippen molar-refractivity contribution >= 4 is 34.6 Å². The van der Waals surface area contributed by atoms with Gasteiger partial charge in [0.2, 0.25) is 0 Å². The van der Waals surface area contributed by atoms with Crippen molar-refractivity contribution in [2.24, 2.45) is 0 Å². The maximum atomic E-state index is 13.0. The first-order valence-corrected chi connectivity index (χ1v) is 10.5. The van der Waals surface area contributed by atoms with Gasteiger partial charge in [-0.3, -0.25) is 4.79 Å². The number of nitrogens with zero attached hydrogens (tertiary/aromatic N) is 3. The van der Waals surface area contributed by atoms with Gasteiger partial charge in [0, 0.05) is 33.9 Å². The second kappa shape index (κ2) is 7.06. The third kappa shape index (κ3) is 2.83. The molecule has 2 aromatic heterocycles. The van der Waals surface area contributed by atoms with E-state index < -0.39 is 0 Å². The average molecular weight is 402 g/mol. The largest absolute Gasteiger partial charge is 0.308 e. The van der Waals surface area contributed by atoms with Gasteiger partial charge >= 0.3 is 0 Å². The van der Waals surface area contributed by atoms with Crippen LogP contribution < -0.4 is 4.90 Å². The third-order valence-electron chi connectivity index (χ3n) is 5.73. The minimum atomic E-state index is 0.0408. The number of fused-ring (bicyclic) bond motifs is 1. The molecule has 0 N–H and O–H groups in total. The summed E-state index contributed by atoms with van der Waals surface area (Å²) < 4.78 is 2.14. The standard InChI is InChI=1S/C24H23N3OS/c1-6-26-22-10-8-7-9-19(22)20(23(26)28)12-18-11-14(2)27(16(18)4)24-21(13-25)15(3)17(5)29-24/h7-12H,6H2,1-5H3/b20-12+. The molecule has 4 nitrogen and oxygen atoms in total. The van der Waals surface area contributed by atoms with E-state index in [2.05, 4.69) is 23.6 Å².